The Balaban J connectivity index is 3.19. The Morgan fingerprint density at radius 2 is 2.38 bits per heavy atom. The van der Waals surface area contributed by atoms with Gasteiger partial charge in [0.25, 0.3) is 5.95 Å². The van der Waals surface area contributed by atoms with E-state index in [1.807, 2.05) is 0 Å². The average molecular weight is 180 g/mol. The van der Waals surface area contributed by atoms with Crippen LogP contribution >= 0.6 is 15.9 Å². The van der Waals surface area contributed by atoms with E-state index >= 15 is 0 Å². The third kappa shape index (κ3) is 0.730. The molecule has 0 bridgehead atoms. The van der Waals surface area contributed by atoms with Crippen molar-refractivity contribution in [1.82, 2.24) is 15.0 Å². The fourth-order valence-electron chi connectivity index (χ4n) is 0.320. The first-order chi connectivity index (χ1) is 3.72. The lowest BCUT2D eigenvalue weighted by atomic mass is 10.9. The van der Waals surface area contributed by atoms with Gasteiger partial charge in [-0.25, -0.2) is 4.68 Å². The molecule has 0 aliphatic heterocycles. The molecule has 5 heteroatoms. The Morgan fingerprint density at radius 3 is 2.50 bits per heavy atom. The first-order valence-electron chi connectivity index (χ1n) is 1.92. The molecule has 0 saturated carbocycles. The van der Waals surface area contributed by atoms with Gasteiger partial charge in [0.2, 0.25) is 0 Å². The number of halogens is 2. The molecule has 1 aromatic rings. The van der Waals surface area contributed by atoms with Gasteiger partial charge >= 0.3 is 0 Å². The van der Waals surface area contributed by atoms with E-state index in [9.17, 15) is 4.39 Å². The topological polar surface area (TPSA) is 30.7 Å². The van der Waals surface area contributed by atoms with Crippen molar-refractivity contribution in [3.8, 4) is 0 Å². The molecule has 3 nitrogen and oxygen atoms in total. The zero-order chi connectivity index (χ0) is 6.15. The van der Waals surface area contributed by atoms with Gasteiger partial charge in [0.1, 0.15) is 0 Å². The molecule has 44 valence electrons. The molecule has 0 unspecified atom stereocenters. The molecule has 0 atom stereocenters. The summed E-state index contributed by atoms with van der Waals surface area (Å²) in [6, 6.07) is 0. The van der Waals surface area contributed by atoms with Gasteiger partial charge in [-0.15, -0.1) is 0 Å². The van der Waals surface area contributed by atoms with E-state index in [2.05, 4.69) is 26.2 Å². The molecule has 8 heavy (non-hydrogen) atoms. The summed E-state index contributed by atoms with van der Waals surface area (Å²) < 4.78 is 13.7. The van der Waals surface area contributed by atoms with Gasteiger partial charge in [-0.3, -0.25) is 0 Å². The monoisotopic (exact) mass is 179 g/mol. The first-order valence-corrected chi connectivity index (χ1v) is 2.72. The van der Waals surface area contributed by atoms with Crippen LogP contribution in [0.5, 0.6) is 0 Å². The molecular weight excluding hydrogens is 177 g/mol. The predicted octanol–water partition coefficient (Wildman–Crippen LogP) is 0.717. The van der Waals surface area contributed by atoms with E-state index in [4.69, 9.17) is 0 Å². The van der Waals surface area contributed by atoms with E-state index in [0.717, 1.165) is 0 Å². The van der Waals surface area contributed by atoms with Crippen LogP contribution in [0.1, 0.15) is 0 Å². The Kier molecular flexibility index (Phi) is 1.29. The third-order valence-electron chi connectivity index (χ3n) is 0.721. The minimum atomic E-state index is -0.576. The predicted molar refractivity (Wildman–Crippen MR) is 28.7 cm³/mol. The standard InChI is InChI=1S/C3H3BrFN3/c1-8-2(4)3(5)6-7-8/h1H3. The maximum Gasteiger partial charge on any atom is 0.267 e. The van der Waals surface area contributed by atoms with E-state index < -0.39 is 5.95 Å². The minimum Gasteiger partial charge on any atom is -0.238 e. The fraction of sp³-hybridized carbons (Fsp3) is 0.333. The summed E-state index contributed by atoms with van der Waals surface area (Å²) in [5.74, 6) is -0.576. The van der Waals surface area contributed by atoms with Crippen LogP contribution < -0.4 is 0 Å². The van der Waals surface area contributed by atoms with Crippen molar-refractivity contribution in [3.05, 3.63) is 10.6 Å². The molecule has 1 aromatic heterocycles. The normalized spacial score (nSPS) is 9.88. The van der Waals surface area contributed by atoms with Crippen molar-refractivity contribution >= 4 is 15.9 Å². The summed E-state index contributed by atoms with van der Waals surface area (Å²) >= 11 is 2.91. The van der Waals surface area contributed by atoms with Crippen LogP contribution in [-0.4, -0.2) is 15.0 Å². The van der Waals surface area contributed by atoms with Gasteiger partial charge < -0.3 is 0 Å². The summed E-state index contributed by atoms with van der Waals surface area (Å²) in [6.45, 7) is 0. The number of hydrogen-bond acceptors (Lipinski definition) is 2. The van der Waals surface area contributed by atoms with Gasteiger partial charge in [-0.2, -0.15) is 4.39 Å². The van der Waals surface area contributed by atoms with Gasteiger partial charge in [0.05, 0.1) is 0 Å². The molecule has 0 N–H and O–H groups in total. The molecule has 0 aliphatic carbocycles. The van der Waals surface area contributed by atoms with Crippen molar-refractivity contribution in [2.45, 2.75) is 0 Å². The van der Waals surface area contributed by atoms with Crippen molar-refractivity contribution in [2.24, 2.45) is 7.05 Å². The lowest BCUT2D eigenvalue weighted by Crippen LogP contribution is -1.89. The average Bonchev–Trinajstić information content (AvgIpc) is 1.98. The van der Waals surface area contributed by atoms with E-state index in [1.165, 1.54) is 4.68 Å². The Bertz CT molecular complexity index is 177. The Hall–Kier alpha value is -0.450. The van der Waals surface area contributed by atoms with Crippen molar-refractivity contribution < 1.29 is 4.39 Å². The minimum absolute atomic E-state index is 0.275. The maximum absolute atomic E-state index is 12.1. The maximum atomic E-state index is 12.1. The van der Waals surface area contributed by atoms with Crippen molar-refractivity contribution in [1.29, 1.82) is 0 Å². The highest BCUT2D eigenvalue weighted by molar-refractivity contribution is 9.10. The number of aryl methyl sites for hydroxylation is 1. The second-order valence-corrected chi connectivity index (χ2v) is 2.05. The van der Waals surface area contributed by atoms with Crippen LogP contribution in [-0.2, 0) is 7.05 Å². The molecule has 1 rings (SSSR count). The van der Waals surface area contributed by atoms with Crippen LogP contribution in [0.4, 0.5) is 4.39 Å². The molecule has 0 amide bonds. The summed E-state index contributed by atoms with van der Waals surface area (Å²) in [6.07, 6.45) is 0. The van der Waals surface area contributed by atoms with E-state index in [-0.39, 0.29) is 4.60 Å². The van der Waals surface area contributed by atoms with Crippen LogP contribution in [0.15, 0.2) is 4.60 Å². The van der Waals surface area contributed by atoms with Crippen molar-refractivity contribution in [2.75, 3.05) is 0 Å². The number of nitrogens with zero attached hydrogens (tertiary/aromatic N) is 3. The number of hydrogen-bond donors (Lipinski definition) is 0. The number of rotatable bonds is 0. The SMILES string of the molecule is Cn1nnc(F)c1Br. The lowest BCUT2D eigenvalue weighted by Gasteiger charge is -1.83. The highest BCUT2D eigenvalue weighted by Gasteiger charge is 2.03. The Morgan fingerprint density at radius 1 is 1.75 bits per heavy atom. The summed E-state index contributed by atoms with van der Waals surface area (Å²) in [7, 11) is 1.60. The zero-order valence-corrected chi connectivity index (χ0v) is 5.68. The fourth-order valence-corrected chi connectivity index (χ4v) is 0.471. The number of aromatic nitrogens is 3. The van der Waals surface area contributed by atoms with Gasteiger partial charge in [0.15, 0.2) is 4.60 Å². The van der Waals surface area contributed by atoms with Crippen LogP contribution in [0.2, 0.25) is 0 Å². The molecule has 1 heterocycles. The van der Waals surface area contributed by atoms with E-state index in [1.54, 1.807) is 7.05 Å². The highest BCUT2D eigenvalue weighted by Crippen LogP contribution is 2.08. The van der Waals surface area contributed by atoms with Crippen LogP contribution in [0.25, 0.3) is 0 Å². The summed E-state index contributed by atoms with van der Waals surface area (Å²) in [5, 5.41) is 6.48. The van der Waals surface area contributed by atoms with Gasteiger partial charge in [0, 0.05) is 7.05 Å². The zero-order valence-electron chi connectivity index (χ0n) is 4.10. The summed E-state index contributed by atoms with van der Waals surface area (Å²) in [5.41, 5.74) is 0. The molecule has 0 fully saturated rings. The largest absolute Gasteiger partial charge is 0.267 e. The quantitative estimate of drug-likeness (QED) is 0.588. The molecule has 0 radical (unpaired) electrons. The van der Waals surface area contributed by atoms with Gasteiger partial charge in [-0.05, 0) is 15.9 Å². The van der Waals surface area contributed by atoms with E-state index in [0.29, 0.717) is 0 Å². The third-order valence-corrected chi connectivity index (χ3v) is 1.56. The molecule has 0 spiro atoms. The second kappa shape index (κ2) is 1.81. The molecule has 0 aromatic carbocycles. The lowest BCUT2D eigenvalue weighted by molar-refractivity contribution is 0.574. The molecular formula is C3H3BrFN3. The first kappa shape index (κ1) is 5.68. The second-order valence-electron chi connectivity index (χ2n) is 1.29. The molecule has 0 aliphatic rings. The highest BCUT2D eigenvalue weighted by atomic mass is 79.9. The smallest absolute Gasteiger partial charge is 0.238 e. The van der Waals surface area contributed by atoms with Gasteiger partial charge in [-0.1, -0.05) is 10.3 Å². The summed E-state index contributed by atoms with van der Waals surface area (Å²) in [4.78, 5) is 0. The Labute approximate surface area is 53.6 Å². The van der Waals surface area contributed by atoms with Crippen LogP contribution in [0, 0.1) is 5.95 Å². The van der Waals surface area contributed by atoms with Crippen molar-refractivity contribution in [3.63, 3.8) is 0 Å². The molecule has 0 saturated heterocycles. The van der Waals surface area contributed by atoms with Crippen LogP contribution in [0.3, 0.4) is 0 Å².